The van der Waals surface area contributed by atoms with Crippen molar-refractivity contribution >= 4 is 104 Å². The first-order valence-electron chi connectivity index (χ1n) is 33.6. The average Bonchev–Trinajstić information content (AvgIpc) is 1.65. The molecular weight excluding hydrogens is 1700 g/mol. The van der Waals surface area contributed by atoms with Crippen molar-refractivity contribution in [1.29, 1.82) is 0 Å². The molecule has 0 radical (unpaired) electrons. The van der Waals surface area contributed by atoms with Crippen molar-refractivity contribution < 1.29 is 218 Å². The van der Waals surface area contributed by atoms with Gasteiger partial charge in [0.1, 0.15) is 97.6 Å². The molecular formula is C54H90N4O48S7. The smallest absolute Gasteiger partial charge is 0.397 e. The molecule has 0 aromatic carbocycles. The van der Waals surface area contributed by atoms with Gasteiger partial charge in [0.15, 0.2) is 55.9 Å². The van der Waals surface area contributed by atoms with Crippen LogP contribution >= 0.6 is 11.8 Å². The summed E-state index contributed by atoms with van der Waals surface area (Å²) in [6.45, 7) is -2.81. The van der Waals surface area contributed by atoms with Gasteiger partial charge in [-0.25, -0.2) is 39.5 Å². The van der Waals surface area contributed by atoms with Crippen LogP contribution in [-0.4, -0.2) is 375 Å². The van der Waals surface area contributed by atoms with E-state index in [2.05, 4.69) is 33.8 Å². The second-order valence-corrected chi connectivity index (χ2v) is 33.1. The maximum Gasteiger partial charge on any atom is 0.397 e. The van der Waals surface area contributed by atoms with Crippen LogP contribution in [0.25, 0.3) is 0 Å². The monoisotopic (exact) mass is 1790 g/mol. The van der Waals surface area contributed by atoms with Crippen LogP contribution in [0.4, 0.5) is 4.79 Å². The zero-order valence-electron chi connectivity index (χ0n) is 60.4. The van der Waals surface area contributed by atoms with Crippen molar-refractivity contribution in [2.75, 3.05) is 81.4 Å². The number of amides is 4. The van der Waals surface area contributed by atoms with Crippen LogP contribution < -0.4 is 21.3 Å². The van der Waals surface area contributed by atoms with Crippen LogP contribution in [0.1, 0.15) is 58.3 Å². The summed E-state index contributed by atoms with van der Waals surface area (Å²) in [6.07, 6.45) is -53.0. The number of carboxylic acids is 2. The maximum atomic E-state index is 13.9. The minimum Gasteiger partial charge on any atom is -0.479 e. The number of carbonyl (C=O) groups excluding carboxylic acids is 3. The summed E-state index contributed by atoms with van der Waals surface area (Å²) in [5, 5.41) is 45.1. The SMILES string of the molecule is CCO[C@H]1[C@H](O)[C@@H](NC(=O)CCCCCNC(=O)CCCCC2SCC3NC(=O)NC32)[C@H](O[C@H]2[C@H](OC)[C@@H](OC)[C@H](O[C@H]3[C@H](OS(=O)(=O)O)[C@@H](OS(=O)(=O)O)[C@@H](O[C@H]4[C@H](OC)[C@@H](OC)[C@@H](O[C@H]5[C@H](OC)[C@@H](OS(=O)(=O)O)[C@@H](OC)O[C@@H]5COS(=O)(=O)O)O[C@@H]4C(=O)O)O[C@@H]3COS(=O)(=O)O)O[C@@H]2C(=O)O)O[C@@H]1COS(=O)(=O)O. The third-order valence-electron chi connectivity index (χ3n) is 18.1. The molecule has 0 saturated carbocycles. The number of nitrogens with one attached hydrogen (secondary N) is 4. The molecule has 7 aliphatic rings. The number of ether oxygens (including phenoxy) is 16. The van der Waals surface area contributed by atoms with Crippen LogP contribution in [0.3, 0.4) is 0 Å². The first-order chi connectivity index (χ1) is 52.7. The Balaban J connectivity index is 1.16. The number of fused-ring (bicyclic) bond motifs is 1. The number of rotatable bonds is 45. The molecule has 113 heavy (non-hydrogen) atoms. The Labute approximate surface area is 650 Å². The molecule has 656 valence electrons. The maximum absolute atomic E-state index is 13.9. The number of thioether (sulfide) groups is 1. The summed E-state index contributed by atoms with van der Waals surface area (Å²) in [6, 6.07) is -2.00. The van der Waals surface area contributed by atoms with Crippen molar-refractivity contribution in [2.24, 2.45) is 0 Å². The number of hydrogen-bond donors (Lipinski definition) is 13. The van der Waals surface area contributed by atoms with E-state index in [1.165, 1.54) is 6.92 Å². The molecule has 7 aliphatic heterocycles. The highest BCUT2D eigenvalue weighted by Gasteiger charge is 2.62. The summed E-state index contributed by atoms with van der Waals surface area (Å²) in [5.41, 5.74) is 0. The van der Waals surface area contributed by atoms with Gasteiger partial charge in [-0.15, -0.1) is 0 Å². The zero-order chi connectivity index (χ0) is 84.0. The second kappa shape index (κ2) is 41.8. The molecule has 3 unspecified atom stereocenters. The predicted molar refractivity (Wildman–Crippen MR) is 360 cm³/mol. The molecule has 7 rings (SSSR count). The molecule has 7 saturated heterocycles. The van der Waals surface area contributed by atoms with Gasteiger partial charge in [0.2, 0.25) is 11.8 Å². The number of carbonyl (C=O) groups is 5. The van der Waals surface area contributed by atoms with E-state index in [1.807, 2.05) is 0 Å². The van der Waals surface area contributed by atoms with E-state index in [1.54, 1.807) is 11.8 Å². The van der Waals surface area contributed by atoms with Gasteiger partial charge in [0, 0.05) is 79.7 Å². The van der Waals surface area contributed by atoms with E-state index < -0.39 is 254 Å². The molecule has 4 amide bonds. The number of urea groups is 1. The van der Waals surface area contributed by atoms with Gasteiger partial charge in [-0.2, -0.15) is 62.3 Å². The van der Waals surface area contributed by atoms with E-state index in [0.29, 0.717) is 19.3 Å². The van der Waals surface area contributed by atoms with E-state index in [-0.39, 0.29) is 61.7 Å². The first kappa shape index (κ1) is 96.2. The summed E-state index contributed by atoms with van der Waals surface area (Å²) in [5.74, 6) is -4.49. The summed E-state index contributed by atoms with van der Waals surface area (Å²) in [4.78, 5) is 65.3. The van der Waals surface area contributed by atoms with E-state index in [9.17, 15) is 117 Å². The van der Waals surface area contributed by atoms with Crippen molar-refractivity contribution in [3.63, 3.8) is 0 Å². The predicted octanol–water partition coefficient (Wildman–Crippen LogP) is -6.28. The second-order valence-electron chi connectivity index (χ2n) is 25.4. The molecule has 7 heterocycles. The van der Waals surface area contributed by atoms with Gasteiger partial charge in [-0.3, -0.25) is 36.9 Å². The molecule has 0 bridgehead atoms. The minimum absolute atomic E-state index is 0.0180. The number of aliphatic carboxylic acids is 2. The van der Waals surface area contributed by atoms with E-state index in [0.717, 1.165) is 61.3 Å². The molecule has 52 nitrogen and oxygen atoms in total. The lowest BCUT2D eigenvalue weighted by Crippen LogP contribution is -2.70. The number of aliphatic hydroxyl groups excluding tert-OH is 1. The van der Waals surface area contributed by atoms with Gasteiger partial charge >= 0.3 is 80.4 Å². The quantitative estimate of drug-likeness (QED) is 0.0153. The summed E-state index contributed by atoms with van der Waals surface area (Å²) >= 11 is 1.75. The molecule has 28 atom stereocenters. The fourth-order valence-electron chi connectivity index (χ4n) is 13.5. The van der Waals surface area contributed by atoms with Crippen molar-refractivity contribution in [3.8, 4) is 0 Å². The minimum atomic E-state index is -6.21. The van der Waals surface area contributed by atoms with E-state index in [4.69, 9.17) is 88.3 Å². The fourth-order valence-corrected chi connectivity index (χ4v) is 17.4. The number of hydrogen-bond acceptors (Lipinski definition) is 41. The normalized spacial score (nSPS) is 36.1. The molecule has 7 fully saturated rings. The van der Waals surface area contributed by atoms with Crippen LogP contribution in [0, 0.1) is 0 Å². The topological polar surface area (TPSA) is 723 Å². The molecule has 0 spiro atoms. The van der Waals surface area contributed by atoms with Crippen molar-refractivity contribution in [1.82, 2.24) is 21.3 Å². The number of aliphatic hydroxyl groups is 1. The largest absolute Gasteiger partial charge is 0.479 e. The Morgan fingerprint density at radius 2 is 0.867 bits per heavy atom. The van der Waals surface area contributed by atoms with Gasteiger partial charge in [0.25, 0.3) is 0 Å². The van der Waals surface area contributed by atoms with Crippen LogP contribution in [0.5, 0.6) is 0 Å². The van der Waals surface area contributed by atoms with Crippen LogP contribution in [-0.2, 0) is 182 Å². The lowest BCUT2D eigenvalue weighted by molar-refractivity contribution is -0.386. The molecule has 59 heteroatoms. The first-order valence-corrected chi connectivity index (χ1v) is 42.9. The third kappa shape index (κ3) is 27.8. The standard InChI is InChI=1S/C54H90N4O48S7/c1-8-91-32-23(18-92-108(67,68)69)95-49(30(31(32)61)57-28(60)16-10-9-13-17-55-27(59)15-12-11-14-26-29-22(21-107-26)56-54(66)58-29)100-38-36(86-3)43(88-5)52(102-41(38)47(62)63)99-34-25(20-94-110(73,74)75)97-53(46(106-113(82,83)84)40(34)104-111(76,77)78)101-39-37(87-4)44(89-6)51(103-42(39)48(64)65)98-33-24(19-93-109(70,71)72)96-50(90-7)45(35(33)85-2)105-112(79,80)81/h22-26,29-46,49-53,61H,8-21H2,1-7H3,(H,55,59)(H,57,60)(H,62,63)(H,64,65)(H2,56,58,66)(H,67,68,69)(H,70,71,72)(H,73,74,75)(H,76,77,78)(H,79,80,81)(H,82,83,84)/t22?,23-,24-,25-,26?,29?,30-,31-,32-,33-,34-,35+,36+,37+,38+,39+,40+,41+,42+,43-,44-,45-,46-,49+,50+,51+,52-,53-/m1/s1. The van der Waals surface area contributed by atoms with Gasteiger partial charge < -0.3 is 112 Å². The summed E-state index contributed by atoms with van der Waals surface area (Å²) in [7, 11) is -29.3. The lowest BCUT2D eigenvalue weighted by atomic mass is 9.94. The Bertz CT molecular complexity index is 3880. The Kier molecular flexibility index (Phi) is 35.6. The number of methoxy groups -OCH3 is 6. The number of carboxylic acid groups (broad SMARTS) is 2. The lowest BCUT2D eigenvalue weighted by Gasteiger charge is -2.51. The Hall–Kier alpha value is -3.96. The third-order valence-corrected chi connectivity index (χ3v) is 22.3. The average molecular weight is 1790 g/mol. The van der Waals surface area contributed by atoms with Crippen molar-refractivity contribution in [2.45, 2.75) is 229 Å². The fraction of sp³-hybridized carbons (Fsp3) is 0.907. The van der Waals surface area contributed by atoms with E-state index >= 15 is 0 Å². The molecule has 13 N–H and O–H groups in total. The Morgan fingerprint density at radius 3 is 1.33 bits per heavy atom. The molecule has 0 aromatic rings. The number of unbranched alkanes of at least 4 members (excludes halogenated alkanes) is 3. The van der Waals surface area contributed by atoms with Gasteiger partial charge in [-0.05, 0) is 32.6 Å². The highest BCUT2D eigenvalue weighted by molar-refractivity contribution is 8.00. The van der Waals surface area contributed by atoms with Crippen LogP contribution in [0.2, 0.25) is 0 Å². The van der Waals surface area contributed by atoms with Crippen LogP contribution in [0.15, 0.2) is 0 Å². The molecule has 0 aromatic heterocycles. The highest BCUT2D eigenvalue weighted by atomic mass is 32.3. The van der Waals surface area contributed by atoms with Gasteiger partial charge in [-0.1, -0.05) is 12.8 Å². The summed E-state index contributed by atoms with van der Waals surface area (Å²) < 4.78 is 327. The van der Waals surface area contributed by atoms with Crippen molar-refractivity contribution in [3.05, 3.63) is 0 Å². The molecule has 0 aliphatic carbocycles. The zero-order valence-corrected chi connectivity index (χ0v) is 66.1. The Morgan fingerprint density at radius 1 is 0.460 bits per heavy atom. The highest BCUT2D eigenvalue weighted by Crippen LogP contribution is 2.42. The van der Waals surface area contributed by atoms with Gasteiger partial charge in [0.05, 0.1) is 31.9 Å².